The summed E-state index contributed by atoms with van der Waals surface area (Å²) in [6.45, 7) is 9.63. The molecule has 0 aromatic heterocycles. The maximum atomic E-state index is 14.5. The number of benzene rings is 2. The smallest absolute Gasteiger partial charge is 0.440 e. The van der Waals surface area contributed by atoms with Crippen molar-refractivity contribution in [2.24, 2.45) is 4.36 Å². The van der Waals surface area contributed by atoms with E-state index < -0.39 is 63.6 Å². The third-order valence-electron chi connectivity index (χ3n) is 5.74. The topological polar surface area (TPSA) is 96.9 Å². The van der Waals surface area contributed by atoms with Gasteiger partial charge in [0.2, 0.25) is 0 Å². The Labute approximate surface area is 252 Å². The second-order valence-corrected chi connectivity index (χ2v) is 13.4. The number of nitrogens with zero attached hydrogens (tertiary/aromatic N) is 1. The van der Waals surface area contributed by atoms with Gasteiger partial charge in [-0.15, -0.1) is 0 Å². The summed E-state index contributed by atoms with van der Waals surface area (Å²) in [5, 5.41) is 5.06. The van der Waals surface area contributed by atoms with Crippen LogP contribution in [0, 0.1) is 6.92 Å². The molecule has 7 nitrogen and oxygen atoms in total. The molecule has 0 bridgehead atoms. The summed E-state index contributed by atoms with van der Waals surface area (Å²) in [6.07, 6.45) is -9.35. The largest absolute Gasteiger partial charge is 0.442 e. The molecule has 0 saturated heterocycles. The van der Waals surface area contributed by atoms with E-state index in [0.717, 1.165) is 6.07 Å². The zero-order chi connectivity index (χ0) is 33.1. The van der Waals surface area contributed by atoms with Crippen molar-refractivity contribution in [3.05, 3.63) is 63.7 Å². The van der Waals surface area contributed by atoms with Crippen molar-refractivity contribution in [1.82, 2.24) is 5.32 Å². The van der Waals surface area contributed by atoms with Crippen molar-refractivity contribution in [2.75, 3.05) is 17.3 Å². The van der Waals surface area contributed by atoms with E-state index in [1.54, 1.807) is 40.9 Å². The first kappa shape index (κ1) is 36.1. The number of ether oxygens (including phenoxy) is 1. The monoisotopic (exact) mass is 655 g/mol. The van der Waals surface area contributed by atoms with Crippen LogP contribution in [0.5, 0.6) is 0 Å². The van der Waals surface area contributed by atoms with Crippen molar-refractivity contribution >= 4 is 45.9 Å². The van der Waals surface area contributed by atoms with E-state index in [0.29, 0.717) is 12.1 Å². The lowest BCUT2D eigenvalue weighted by Crippen LogP contribution is -2.47. The Hall–Kier alpha value is -3.13. The summed E-state index contributed by atoms with van der Waals surface area (Å²) in [4.78, 5) is 38.5. The van der Waals surface area contributed by atoms with E-state index in [9.17, 15) is 40.7 Å². The van der Waals surface area contributed by atoms with E-state index in [4.69, 9.17) is 16.3 Å². The number of anilines is 1. The molecule has 2 aromatic carbocycles. The number of halogens is 7. The molecule has 2 atom stereocenters. The molecule has 0 saturated carbocycles. The van der Waals surface area contributed by atoms with Crippen LogP contribution in [0.2, 0.25) is 5.02 Å². The van der Waals surface area contributed by atoms with Crippen LogP contribution >= 0.6 is 11.6 Å². The molecule has 2 aromatic rings. The lowest BCUT2D eigenvalue weighted by atomic mass is 9.93. The third kappa shape index (κ3) is 9.18. The summed E-state index contributed by atoms with van der Waals surface area (Å²) in [6, 6.07) is 5.96. The van der Waals surface area contributed by atoms with E-state index in [1.807, 2.05) is 0 Å². The minimum absolute atomic E-state index is 0.0914. The van der Waals surface area contributed by atoms with Gasteiger partial charge in [-0.1, -0.05) is 40.5 Å². The van der Waals surface area contributed by atoms with Gasteiger partial charge in [-0.3, -0.25) is 9.59 Å². The first-order valence-electron chi connectivity index (χ1n) is 12.6. The van der Waals surface area contributed by atoms with Gasteiger partial charge in [0.1, 0.15) is 5.60 Å². The zero-order valence-electron chi connectivity index (χ0n) is 24.4. The molecule has 0 aliphatic carbocycles. The quantitative estimate of drug-likeness (QED) is 0.284. The molecule has 3 amide bonds. The normalized spacial score (nSPS) is 14.7. The molecule has 43 heavy (non-hydrogen) atoms. The van der Waals surface area contributed by atoms with Gasteiger partial charge in [0, 0.05) is 22.5 Å². The maximum absolute atomic E-state index is 14.5. The Morgan fingerprint density at radius 2 is 1.60 bits per heavy atom. The summed E-state index contributed by atoms with van der Waals surface area (Å²) >= 11 is 6.27. The molecule has 2 rings (SSSR count). The molecule has 0 aliphatic heterocycles. The Balaban J connectivity index is 2.32. The zero-order valence-corrected chi connectivity index (χ0v) is 26.0. The molecule has 2 N–H and O–H groups in total. The number of aryl methyl sites for hydroxylation is 1. The summed E-state index contributed by atoms with van der Waals surface area (Å²) in [5.41, 5.74) is -8.60. The number of hydrogen-bond donors (Lipinski definition) is 2. The Morgan fingerprint density at radius 3 is 2.12 bits per heavy atom. The Bertz CT molecular complexity index is 1430. The van der Waals surface area contributed by atoms with Gasteiger partial charge in [-0.05, 0) is 71.6 Å². The van der Waals surface area contributed by atoms with Gasteiger partial charge in [-0.25, -0.2) is 18.0 Å². The molecule has 0 spiro atoms. The third-order valence-corrected chi connectivity index (χ3v) is 7.65. The van der Waals surface area contributed by atoms with E-state index in [2.05, 4.69) is 15.0 Å². The SMILES string of the molecule is Cc1cc(C(F)(C(F)F)C(F)(F)F)ccc1NC(=O)c1cccc(Cl)c1C(=O)NC(C)(C)CS(C)=NC(=O)OC(C)(C)C. The molecular formula is C28H32ClF6N3O4S. The second kappa shape index (κ2) is 13.2. The number of carbonyl (C=O) groups excluding carboxylic acids is 3. The number of alkyl halides is 6. The van der Waals surface area contributed by atoms with E-state index >= 15 is 0 Å². The fraction of sp³-hybridized carbons (Fsp3) is 0.464. The van der Waals surface area contributed by atoms with Crippen LogP contribution in [-0.2, 0) is 21.1 Å². The highest BCUT2D eigenvalue weighted by atomic mass is 35.5. The molecule has 238 valence electrons. The standard InChI is InChI=1S/C28H32ClF6N3O4S/c1-15-13-16(27(32,23(30)31)28(33,34)35)11-12-19(15)36-21(39)17-9-8-10-18(29)20(17)22(40)37-26(5,6)14-43(7)38-24(41)42-25(2,3)4/h8-13,23H,14H2,1-7H3,(H,36,39)(H,37,40). The van der Waals surface area contributed by atoms with Crippen molar-refractivity contribution in [2.45, 2.75) is 71.0 Å². The summed E-state index contributed by atoms with van der Waals surface area (Å²) < 4.78 is 89.4. The summed E-state index contributed by atoms with van der Waals surface area (Å²) in [5.74, 6) is -1.42. The fourth-order valence-corrected chi connectivity index (χ4v) is 5.68. The molecule has 15 heteroatoms. The molecule has 2 unspecified atom stereocenters. The highest BCUT2D eigenvalue weighted by Gasteiger charge is 2.64. The minimum Gasteiger partial charge on any atom is -0.442 e. The minimum atomic E-state index is -5.89. The number of nitrogens with one attached hydrogen (secondary N) is 2. The average molecular weight is 656 g/mol. The van der Waals surface area contributed by atoms with Crippen molar-refractivity contribution in [1.29, 1.82) is 0 Å². The van der Waals surface area contributed by atoms with Gasteiger partial charge in [0.05, 0.1) is 16.1 Å². The van der Waals surface area contributed by atoms with E-state index in [1.165, 1.54) is 25.1 Å². The van der Waals surface area contributed by atoms with Gasteiger partial charge in [0.15, 0.2) is 0 Å². The van der Waals surface area contributed by atoms with Crippen molar-refractivity contribution < 1.29 is 45.5 Å². The fourth-order valence-electron chi connectivity index (χ4n) is 3.95. The Kier molecular flexibility index (Phi) is 11.1. The predicted molar refractivity (Wildman–Crippen MR) is 154 cm³/mol. The van der Waals surface area contributed by atoms with Gasteiger partial charge in [0.25, 0.3) is 23.9 Å². The van der Waals surface area contributed by atoms with Crippen molar-refractivity contribution in [3.8, 4) is 0 Å². The van der Waals surface area contributed by atoms with E-state index in [-0.39, 0.29) is 33.2 Å². The second-order valence-electron chi connectivity index (χ2n) is 11.3. The van der Waals surface area contributed by atoms with Crippen LogP contribution in [0.15, 0.2) is 40.8 Å². The highest BCUT2D eigenvalue weighted by Crippen LogP contribution is 2.47. The maximum Gasteiger partial charge on any atom is 0.440 e. The summed E-state index contributed by atoms with van der Waals surface area (Å²) in [7, 11) is -0.864. The van der Waals surface area contributed by atoms with Crippen LogP contribution < -0.4 is 10.6 Å². The highest BCUT2D eigenvalue weighted by molar-refractivity contribution is 7.86. The Morgan fingerprint density at radius 1 is 1.00 bits per heavy atom. The average Bonchev–Trinajstić information content (AvgIpc) is 2.81. The van der Waals surface area contributed by atoms with Crippen LogP contribution in [0.3, 0.4) is 0 Å². The molecule has 0 heterocycles. The number of carbonyl (C=O) groups is 3. The van der Waals surface area contributed by atoms with Crippen molar-refractivity contribution in [3.63, 3.8) is 0 Å². The van der Waals surface area contributed by atoms with Gasteiger partial charge >= 0.3 is 12.3 Å². The van der Waals surface area contributed by atoms with Crippen LogP contribution in [0.1, 0.15) is 66.5 Å². The number of amides is 3. The van der Waals surface area contributed by atoms with Crippen LogP contribution in [0.25, 0.3) is 0 Å². The predicted octanol–water partition coefficient (Wildman–Crippen LogP) is 7.77. The van der Waals surface area contributed by atoms with Crippen LogP contribution in [-0.4, -0.2) is 53.7 Å². The lowest BCUT2D eigenvalue weighted by molar-refractivity contribution is -0.274. The first-order valence-corrected chi connectivity index (χ1v) is 14.8. The van der Waals surface area contributed by atoms with Crippen LogP contribution in [0.4, 0.5) is 36.8 Å². The number of rotatable bonds is 8. The molecule has 0 aliphatic rings. The molecule has 0 fully saturated rings. The molecular weight excluding hydrogens is 624 g/mol. The van der Waals surface area contributed by atoms with Gasteiger partial charge in [-0.2, -0.15) is 17.5 Å². The van der Waals surface area contributed by atoms with Gasteiger partial charge < -0.3 is 15.4 Å². The number of hydrogen-bond acceptors (Lipinski definition) is 4. The lowest BCUT2D eigenvalue weighted by Gasteiger charge is -2.28. The first-order chi connectivity index (χ1) is 19.5. The molecule has 0 radical (unpaired) electrons.